The lowest BCUT2D eigenvalue weighted by atomic mass is 10.0. The fourth-order valence-electron chi connectivity index (χ4n) is 0.786. The number of hydrogen-bond donors (Lipinski definition) is 2. The van der Waals surface area contributed by atoms with Crippen molar-refractivity contribution in [2.24, 2.45) is 5.73 Å². The maximum absolute atomic E-state index is 9.49. The summed E-state index contributed by atoms with van der Waals surface area (Å²) in [5.74, 6) is 0. The maximum Gasteiger partial charge on any atom is 0.0751 e. The number of rotatable bonds is 4. The Morgan fingerprint density at radius 2 is 2.20 bits per heavy atom. The van der Waals surface area contributed by atoms with Crippen molar-refractivity contribution in [1.82, 2.24) is 0 Å². The van der Waals surface area contributed by atoms with Gasteiger partial charge in [0.25, 0.3) is 0 Å². The lowest BCUT2D eigenvalue weighted by Gasteiger charge is -2.23. The number of thioether (sulfide) groups is 1. The van der Waals surface area contributed by atoms with Gasteiger partial charge < -0.3 is 10.8 Å². The van der Waals surface area contributed by atoms with Crippen molar-refractivity contribution >= 4 is 11.8 Å². The number of nitrogens with two attached hydrogens (primary N) is 1. The van der Waals surface area contributed by atoms with Gasteiger partial charge in [0.1, 0.15) is 0 Å². The summed E-state index contributed by atoms with van der Waals surface area (Å²) in [7, 11) is 0. The fraction of sp³-hybridized carbons (Fsp3) is 1.00. The molecule has 2 nitrogen and oxygen atoms in total. The SMILES string of the molecule is CSC(C)CC(C)(O)CN. The van der Waals surface area contributed by atoms with Crippen LogP contribution in [0.15, 0.2) is 0 Å². The van der Waals surface area contributed by atoms with Crippen LogP contribution in [0.2, 0.25) is 0 Å². The molecule has 0 radical (unpaired) electrons. The summed E-state index contributed by atoms with van der Waals surface area (Å²) in [6.07, 6.45) is 2.81. The van der Waals surface area contributed by atoms with Gasteiger partial charge in [-0.15, -0.1) is 0 Å². The van der Waals surface area contributed by atoms with Crippen LogP contribution in [0.5, 0.6) is 0 Å². The van der Waals surface area contributed by atoms with Gasteiger partial charge in [0.15, 0.2) is 0 Å². The predicted octanol–water partition coefficient (Wildman–Crippen LogP) is 0.838. The summed E-state index contributed by atoms with van der Waals surface area (Å²) in [6, 6.07) is 0. The Hall–Kier alpha value is 0.270. The van der Waals surface area contributed by atoms with Crippen LogP contribution in [0, 0.1) is 0 Å². The Kier molecular flexibility index (Phi) is 4.32. The van der Waals surface area contributed by atoms with Gasteiger partial charge in [-0.25, -0.2) is 0 Å². The molecule has 2 atom stereocenters. The zero-order valence-electron chi connectivity index (χ0n) is 6.92. The summed E-state index contributed by atoms with van der Waals surface area (Å²) in [4.78, 5) is 0. The molecule has 0 fully saturated rings. The first kappa shape index (κ1) is 10.3. The Morgan fingerprint density at radius 3 is 2.50 bits per heavy atom. The molecule has 0 aromatic heterocycles. The van der Waals surface area contributed by atoms with Gasteiger partial charge in [0.2, 0.25) is 0 Å². The first-order valence-electron chi connectivity index (χ1n) is 3.47. The molecule has 0 bridgehead atoms. The minimum atomic E-state index is -0.678. The van der Waals surface area contributed by atoms with Gasteiger partial charge in [-0.05, 0) is 19.6 Å². The van der Waals surface area contributed by atoms with Crippen LogP contribution in [0.4, 0.5) is 0 Å². The molecular weight excluding hydrogens is 146 g/mol. The molecule has 0 aliphatic carbocycles. The molecule has 0 aliphatic rings. The summed E-state index contributed by atoms with van der Waals surface area (Å²) in [6.45, 7) is 4.21. The van der Waals surface area contributed by atoms with E-state index in [9.17, 15) is 5.11 Å². The molecule has 0 spiro atoms. The maximum atomic E-state index is 9.49. The van der Waals surface area contributed by atoms with E-state index in [0.29, 0.717) is 11.8 Å². The standard InChI is InChI=1S/C7H17NOS/c1-6(10-3)4-7(2,9)5-8/h6,9H,4-5,8H2,1-3H3. The van der Waals surface area contributed by atoms with Crippen LogP contribution in [0.25, 0.3) is 0 Å². The van der Waals surface area contributed by atoms with E-state index in [0.717, 1.165) is 6.42 Å². The molecule has 0 heterocycles. The second-order valence-corrected chi connectivity index (χ2v) is 4.23. The Balaban J connectivity index is 3.64. The van der Waals surface area contributed by atoms with E-state index in [2.05, 4.69) is 6.92 Å². The molecule has 0 aromatic rings. The zero-order chi connectivity index (χ0) is 8.20. The third-order valence-electron chi connectivity index (χ3n) is 1.57. The lowest BCUT2D eigenvalue weighted by Crippen LogP contribution is -2.36. The van der Waals surface area contributed by atoms with E-state index in [1.807, 2.05) is 6.26 Å². The lowest BCUT2D eigenvalue weighted by molar-refractivity contribution is 0.0608. The quantitative estimate of drug-likeness (QED) is 0.645. The molecule has 10 heavy (non-hydrogen) atoms. The highest BCUT2D eigenvalue weighted by Crippen LogP contribution is 2.18. The van der Waals surface area contributed by atoms with Crippen molar-refractivity contribution in [3.63, 3.8) is 0 Å². The Labute approximate surface area is 67.2 Å². The van der Waals surface area contributed by atoms with E-state index < -0.39 is 5.60 Å². The Bertz CT molecular complexity index is 95.6. The van der Waals surface area contributed by atoms with Crippen LogP contribution in [0.3, 0.4) is 0 Å². The molecule has 3 heteroatoms. The van der Waals surface area contributed by atoms with Crippen LogP contribution < -0.4 is 5.73 Å². The monoisotopic (exact) mass is 163 g/mol. The smallest absolute Gasteiger partial charge is 0.0751 e. The molecule has 0 amide bonds. The first-order valence-corrected chi connectivity index (χ1v) is 4.76. The van der Waals surface area contributed by atoms with Crippen molar-refractivity contribution < 1.29 is 5.11 Å². The second-order valence-electron chi connectivity index (χ2n) is 2.95. The molecule has 0 aliphatic heterocycles. The molecule has 62 valence electrons. The molecule has 0 saturated heterocycles. The third kappa shape index (κ3) is 4.14. The van der Waals surface area contributed by atoms with Gasteiger partial charge >= 0.3 is 0 Å². The van der Waals surface area contributed by atoms with Crippen molar-refractivity contribution in [1.29, 1.82) is 0 Å². The van der Waals surface area contributed by atoms with Crippen molar-refractivity contribution in [3.05, 3.63) is 0 Å². The van der Waals surface area contributed by atoms with E-state index in [4.69, 9.17) is 5.73 Å². The second kappa shape index (κ2) is 4.21. The zero-order valence-corrected chi connectivity index (χ0v) is 7.74. The van der Waals surface area contributed by atoms with E-state index in [1.54, 1.807) is 18.7 Å². The van der Waals surface area contributed by atoms with Crippen LogP contribution in [-0.2, 0) is 0 Å². The Morgan fingerprint density at radius 1 is 1.70 bits per heavy atom. The fourth-order valence-corrected chi connectivity index (χ4v) is 1.31. The van der Waals surface area contributed by atoms with Crippen LogP contribution >= 0.6 is 11.8 Å². The van der Waals surface area contributed by atoms with Gasteiger partial charge in [-0.2, -0.15) is 11.8 Å². The van der Waals surface area contributed by atoms with Crippen LogP contribution in [0.1, 0.15) is 20.3 Å². The summed E-state index contributed by atoms with van der Waals surface area (Å²) < 4.78 is 0. The first-order chi connectivity index (χ1) is 4.52. The summed E-state index contributed by atoms with van der Waals surface area (Å²) in [5.41, 5.74) is 4.67. The molecule has 0 saturated carbocycles. The van der Waals surface area contributed by atoms with E-state index in [-0.39, 0.29) is 0 Å². The molecular formula is C7H17NOS. The topological polar surface area (TPSA) is 46.2 Å². The van der Waals surface area contributed by atoms with E-state index >= 15 is 0 Å². The normalized spacial score (nSPS) is 20.1. The van der Waals surface area contributed by atoms with Gasteiger partial charge in [-0.3, -0.25) is 0 Å². The summed E-state index contributed by atoms with van der Waals surface area (Å²) >= 11 is 1.75. The van der Waals surface area contributed by atoms with Crippen molar-refractivity contribution in [2.75, 3.05) is 12.8 Å². The van der Waals surface area contributed by atoms with Crippen LogP contribution in [-0.4, -0.2) is 28.8 Å². The highest BCUT2D eigenvalue weighted by molar-refractivity contribution is 7.99. The van der Waals surface area contributed by atoms with Gasteiger partial charge in [-0.1, -0.05) is 6.92 Å². The number of aliphatic hydroxyl groups is 1. The van der Waals surface area contributed by atoms with E-state index in [1.165, 1.54) is 0 Å². The number of hydrogen-bond acceptors (Lipinski definition) is 3. The van der Waals surface area contributed by atoms with Gasteiger partial charge in [0.05, 0.1) is 5.60 Å². The molecule has 0 rings (SSSR count). The average Bonchev–Trinajstić information content (AvgIpc) is 1.87. The molecule has 0 aromatic carbocycles. The molecule has 2 unspecified atom stereocenters. The minimum absolute atomic E-state index is 0.345. The average molecular weight is 163 g/mol. The van der Waals surface area contributed by atoms with Crippen molar-refractivity contribution in [2.45, 2.75) is 31.1 Å². The minimum Gasteiger partial charge on any atom is -0.389 e. The largest absolute Gasteiger partial charge is 0.389 e. The van der Waals surface area contributed by atoms with Crippen molar-refractivity contribution in [3.8, 4) is 0 Å². The van der Waals surface area contributed by atoms with Gasteiger partial charge in [0, 0.05) is 11.8 Å². The highest BCUT2D eigenvalue weighted by atomic mass is 32.2. The highest BCUT2D eigenvalue weighted by Gasteiger charge is 2.20. The molecule has 3 N–H and O–H groups in total. The third-order valence-corrected chi connectivity index (χ3v) is 2.54. The summed E-state index contributed by atoms with van der Waals surface area (Å²) in [5, 5.41) is 9.97. The predicted molar refractivity (Wildman–Crippen MR) is 47.3 cm³/mol.